The predicted molar refractivity (Wildman–Crippen MR) is 120 cm³/mol. The number of ether oxygens (including phenoxy) is 1. The number of nitrogens with zero attached hydrogens (tertiary/aromatic N) is 3. The van der Waals surface area contributed by atoms with Gasteiger partial charge in [0.1, 0.15) is 17.7 Å². The third kappa shape index (κ3) is 5.24. The summed E-state index contributed by atoms with van der Waals surface area (Å²) in [6.07, 6.45) is 0.777. The van der Waals surface area contributed by atoms with Crippen LogP contribution in [0, 0.1) is 11.3 Å². The lowest BCUT2D eigenvalue weighted by molar-refractivity contribution is -0.123. The van der Waals surface area contributed by atoms with Crippen LogP contribution in [0.1, 0.15) is 40.5 Å². The molecule has 0 aliphatic carbocycles. The number of anilines is 1. The summed E-state index contributed by atoms with van der Waals surface area (Å²) in [5.74, 6) is -0.259. The van der Waals surface area contributed by atoms with E-state index in [1.807, 2.05) is 54.6 Å². The topological polar surface area (TPSA) is 73.6 Å². The minimum atomic E-state index is -0.670. The normalized spacial score (nSPS) is 17.0. The van der Waals surface area contributed by atoms with Crippen molar-refractivity contribution in [2.75, 3.05) is 11.4 Å². The summed E-state index contributed by atoms with van der Waals surface area (Å²) in [6, 6.07) is 18.4. The highest BCUT2D eigenvalue weighted by Crippen LogP contribution is 2.28. The molecule has 1 heterocycles. The maximum Gasteiger partial charge on any atom is 0.410 e. The quantitative estimate of drug-likeness (QED) is 0.699. The first-order valence-electron chi connectivity index (χ1n) is 10.6. The zero-order chi connectivity index (χ0) is 22.6. The molecule has 2 unspecified atom stereocenters. The summed E-state index contributed by atoms with van der Waals surface area (Å²) < 4.78 is 5.49. The average molecular weight is 420 g/mol. The average Bonchev–Trinajstić information content (AvgIpc) is 3.24. The van der Waals surface area contributed by atoms with E-state index < -0.39 is 23.8 Å². The maximum atomic E-state index is 13.5. The van der Waals surface area contributed by atoms with E-state index in [0.717, 1.165) is 17.5 Å². The number of benzene rings is 2. The molecule has 0 N–H and O–H groups in total. The number of carbonyl (C=O) groups is 2. The highest BCUT2D eigenvalue weighted by molar-refractivity contribution is 6.00. The molecule has 3 rings (SSSR count). The van der Waals surface area contributed by atoms with Crippen molar-refractivity contribution in [1.82, 2.24) is 4.90 Å². The van der Waals surface area contributed by atoms with Crippen LogP contribution in [0.4, 0.5) is 10.5 Å². The molecule has 0 saturated carbocycles. The Morgan fingerprint density at radius 3 is 2.29 bits per heavy atom. The molecule has 0 spiro atoms. The Hall–Kier alpha value is -3.33. The second kappa shape index (κ2) is 9.22. The van der Waals surface area contributed by atoms with E-state index in [1.54, 1.807) is 27.7 Å². The number of carbonyl (C=O) groups excluding carboxylic acids is 2. The highest BCUT2D eigenvalue weighted by Gasteiger charge is 2.40. The van der Waals surface area contributed by atoms with Crippen LogP contribution in [0.25, 0.3) is 11.1 Å². The van der Waals surface area contributed by atoms with Crippen molar-refractivity contribution >= 4 is 17.7 Å². The Balaban J connectivity index is 1.86. The fraction of sp³-hybridized carbons (Fsp3) is 0.400. The molecule has 2 aromatic carbocycles. The van der Waals surface area contributed by atoms with Gasteiger partial charge in [0.15, 0.2) is 0 Å². The first kappa shape index (κ1) is 22.4. The summed E-state index contributed by atoms with van der Waals surface area (Å²) in [7, 11) is 0. The van der Waals surface area contributed by atoms with Gasteiger partial charge in [0.05, 0.1) is 6.07 Å². The van der Waals surface area contributed by atoms with Crippen LogP contribution in [0.15, 0.2) is 54.6 Å². The standard InChI is InChI=1S/C25H29N3O3/c1-18(17-26)28(21-14-12-20(13-15-21)19-9-6-5-7-10-19)23(29)22-11-8-16-27(22)24(30)31-25(2,3)4/h5-7,9-10,12-15,18,22H,8,11,16H2,1-4H3. The van der Waals surface area contributed by atoms with Gasteiger partial charge in [0.25, 0.3) is 5.91 Å². The van der Waals surface area contributed by atoms with Gasteiger partial charge in [-0.3, -0.25) is 14.6 Å². The SMILES string of the molecule is CC(C#N)N(C(=O)C1CCCN1C(=O)OC(C)(C)C)c1ccc(-c2ccccc2)cc1. The van der Waals surface area contributed by atoms with Crippen molar-refractivity contribution in [2.45, 2.75) is 58.2 Å². The van der Waals surface area contributed by atoms with Crippen molar-refractivity contribution in [2.24, 2.45) is 0 Å². The van der Waals surface area contributed by atoms with Crippen molar-refractivity contribution in [1.29, 1.82) is 5.26 Å². The molecule has 1 aliphatic heterocycles. The number of nitriles is 1. The number of hydrogen-bond donors (Lipinski definition) is 0. The summed E-state index contributed by atoms with van der Waals surface area (Å²) >= 11 is 0. The predicted octanol–water partition coefficient (Wildman–Crippen LogP) is 5.00. The van der Waals surface area contributed by atoms with Crippen LogP contribution >= 0.6 is 0 Å². The van der Waals surface area contributed by atoms with Gasteiger partial charge in [0, 0.05) is 12.2 Å². The first-order chi connectivity index (χ1) is 14.7. The molecule has 162 valence electrons. The second-order valence-electron chi connectivity index (χ2n) is 8.76. The lowest BCUT2D eigenvalue weighted by Gasteiger charge is -2.33. The number of amides is 2. The van der Waals surface area contributed by atoms with Crippen LogP contribution in [0.3, 0.4) is 0 Å². The number of likely N-dealkylation sites (tertiary alicyclic amines) is 1. The lowest BCUT2D eigenvalue weighted by atomic mass is 10.0. The molecule has 6 nitrogen and oxygen atoms in total. The third-order valence-corrected chi connectivity index (χ3v) is 5.23. The molecule has 0 radical (unpaired) electrons. The molecule has 2 aromatic rings. The van der Waals surface area contributed by atoms with Gasteiger partial charge in [-0.05, 0) is 63.8 Å². The van der Waals surface area contributed by atoms with E-state index in [0.29, 0.717) is 18.7 Å². The highest BCUT2D eigenvalue weighted by atomic mass is 16.6. The van der Waals surface area contributed by atoms with Crippen molar-refractivity contribution < 1.29 is 14.3 Å². The molecule has 6 heteroatoms. The number of hydrogen-bond acceptors (Lipinski definition) is 4. The van der Waals surface area contributed by atoms with Gasteiger partial charge >= 0.3 is 6.09 Å². The van der Waals surface area contributed by atoms with E-state index in [1.165, 1.54) is 9.80 Å². The van der Waals surface area contributed by atoms with Crippen LogP contribution in [-0.4, -0.2) is 41.1 Å². The molecule has 2 atom stereocenters. The third-order valence-electron chi connectivity index (χ3n) is 5.23. The van der Waals surface area contributed by atoms with Gasteiger partial charge in [-0.25, -0.2) is 4.79 Å². The zero-order valence-electron chi connectivity index (χ0n) is 18.5. The Morgan fingerprint density at radius 2 is 1.71 bits per heavy atom. The first-order valence-corrected chi connectivity index (χ1v) is 10.6. The molecule has 1 aliphatic rings. The smallest absolute Gasteiger partial charge is 0.410 e. The van der Waals surface area contributed by atoms with E-state index >= 15 is 0 Å². The van der Waals surface area contributed by atoms with Crippen LogP contribution in [0.2, 0.25) is 0 Å². The van der Waals surface area contributed by atoms with E-state index in [9.17, 15) is 14.9 Å². The van der Waals surface area contributed by atoms with Gasteiger partial charge in [-0.15, -0.1) is 0 Å². The van der Waals surface area contributed by atoms with Crippen LogP contribution in [0.5, 0.6) is 0 Å². The zero-order valence-corrected chi connectivity index (χ0v) is 18.5. The van der Waals surface area contributed by atoms with E-state index in [-0.39, 0.29) is 5.91 Å². The molecule has 1 fully saturated rings. The summed E-state index contributed by atoms with van der Waals surface area (Å²) in [4.78, 5) is 29.1. The molecule has 1 saturated heterocycles. The Bertz CT molecular complexity index is 958. The maximum absolute atomic E-state index is 13.5. The van der Waals surface area contributed by atoms with Gasteiger partial charge < -0.3 is 4.74 Å². The van der Waals surface area contributed by atoms with E-state index in [4.69, 9.17) is 4.74 Å². The van der Waals surface area contributed by atoms with Crippen molar-refractivity contribution in [3.63, 3.8) is 0 Å². The Kier molecular flexibility index (Phi) is 6.65. The van der Waals surface area contributed by atoms with E-state index in [2.05, 4.69) is 6.07 Å². The summed E-state index contributed by atoms with van der Waals surface area (Å²) in [6.45, 7) is 7.56. The largest absolute Gasteiger partial charge is 0.444 e. The van der Waals surface area contributed by atoms with Crippen molar-refractivity contribution in [3.05, 3.63) is 54.6 Å². The molecular formula is C25H29N3O3. The summed E-state index contributed by atoms with van der Waals surface area (Å²) in [5, 5.41) is 9.57. The molecule has 0 bridgehead atoms. The van der Waals surface area contributed by atoms with Crippen LogP contribution < -0.4 is 4.90 Å². The Morgan fingerprint density at radius 1 is 1.10 bits per heavy atom. The fourth-order valence-electron chi connectivity index (χ4n) is 3.77. The van der Waals surface area contributed by atoms with Crippen molar-refractivity contribution in [3.8, 4) is 17.2 Å². The fourth-order valence-corrected chi connectivity index (χ4v) is 3.77. The van der Waals surface area contributed by atoms with Gasteiger partial charge in [0.2, 0.25) is 0 Å². The molecule has 31 heavy (non-hydrogen) atoms. The number of rotatable bonds is 4. The molecule has 2 amide bonds. The lowest BCUT2D eigenvalue weighted by Crippen LogP contribution is -2.51. The van der Waals surface area contributed by atoms with Gasteiger partial charge in [-0.2, -0.15) is 5.26 Å². The minimum absolute atomic E-state index is 0.259. The summed E-state index contributed by atoms with van der Waals surface area (Å²) in [5.41, 5.74) is 2.10. The monoisotopic (exact) mass is 419 g/mol. The van der Waals surface area contributed by atoms with Crippen LogP contribution in [-0.2, 0) is 9.53 Å². The Labute approximate surface area is 184 Å². The van der Waals surface area contributed by atoms with Gasteiger partial charge in [-0.1, -0.05) is 42.5 Å². The molecular weight excluding hydrogens is 390 g/mol. The molecule has 0 aromatic heterocycles. The minimum Gasteiger partial charge on any atom is -0.444 e. The second-order valence-corrected chi connectivity index (χ2v) is 8.76.